The fraction of sp³-hybridized carbons (Fsp3) is 0.533. The van der Waals surface area contributed by atoms with Crippen LogP contribution < -0.4 is 5.32 Å². The smallest absolute Gasteiger partial charge is 0.203 e. The standard InChI is InChI=1S/C15H23N3OS/c1-10(9-19-5)18-7-6-16-15(18)17-12(3)14-8-11(2)20-13(14)4/h6-8,10,12H,9H2,1-5H3,(H,16,17). The van der Waals surface area contributed by atoms with Crippen LogP contribution in [-0.2, 0) is 4.74 Å². The number of ether oxygens (including phenoxy) is 1. The predicted molar refractivity (Wildman–Crippen MR) is 84.6 cm³/mol. The molecule has 0 aliphatic carbocycles. The van der Waals surface area contributed by atoms with Gasteiger partial charge in [-0.3, -0.25) is 0 Å². The van der Waals surface area contributed by atoms with E-state index in [4.69, 9.17) is 4.74 Å². The van der Waals surface area contributed by atoms with Crippen LogP contribution in [-0.4, -0.2) is 23.3 Å². The van der Waals surface area contributed by atoms with Crippen molar-refractivity contribution < 1.29 is 4.74 Å². The topological polar surface area (TPSA) is 39.1 Å². The van der Waals surface area contributed by atoms with Gasteiger partial charge in [-0.15, -0.1) is 11.3 Å². The van der Waals surface area contributed by atoms with Gasteiger partial charge >= 0.3 is 0 Å². The molecule has 0 fully saturated rings. The number of imidazole rings is 1. The zero-order valence-corrected chi connectivity index (χ0v) is 13.6. The van der Waals surface area contributed by atoms with Crippen LogP contribution in [0.1, 0.15) is 41.2 Å². The molecule has 2 aromatic rings. The van der Waals surface area contributed by atoms with E-state index in [0.717, 1.165) is 5.95 Å². The maximum Gasteiger partial charge on any atom is 0.203 e. The normalized spacial score (nSPS) is 14.2. The minimum absolute atomic E-state index is 0.246. The van der Waals surface area contributed by atoms with E-state index >= 15 is 0 Å². The number of hydrogen-bond donors (Lipinski definition) is 1. The molecule has 20 heavy (non-hydrogen) atoms. The van der Waals surface area contributed by atoms with Gasteiger partial charge in [0, 0.05) is 29.3 Å². The Morgan fingerprint density at radius 3 is 2.75 bits per heavy atom. The first-order valence-electron chi connectivity index (χ1n) is 6.88. The molecule has 0 aromatic carbocycles. The molecule has 2 aromatic heterocycles. The van der Waals surface area contributed by atoms with Gasteiger partial charge in [0.05, 0.1) is 18.7 Å². The zero-order valence-electron chi connectivity index (χ0n) is 12.8. The number of anilines is 1. The van der Waals surface area contributed by atoms with Crippen LogP contribution in [0.15, 0.2) is 18.5 Å². The van der Waals surface area contributed by atoms with Gasteiger partial charge in [0.2, 0.25) is 5.95 Å². The Morgan fingerprint density at radius 1 is 1.40 bits per heavy atom. The molecule has 0 saturated carbocycles. The largest absolute Gasteiger partial charge is 0.383 e. The molecule has 0 aliphatic rings. The second-order valence-electron chi connectivity index (χ2n) is 5.20. The third-order valence-corrected chi connectivity index (χ3v) is 4.42. The van der Waals surface area contributed by atoms with Crippen molar-refractivity contribution in [2.24, 2.45) is 0 Å². The summed E-state index contributed by atoms with van der Waals surface area (Å²) in [6.45, 7) is 9.30. The quantitative estimate of drug-likeness (QED) is 0.876. The molecular weight excluding hydrogens is 270 g/mol. The molecule has 0 bridgehead atoms. The highest BCUT2D eigenvalue weighted by Gasteiger charge is 2.15. The van der Waals surface area contributed by atoms with E-state index in [2.05, 4.69) is 48.6 Å². The van der Waals surface area contributed by atoms with Crippen LogP contribution in [0.25, 0.3) is 0 Å². The van der Waals surface area contributed by atoms with E-state index < -0.39 is 0 Å². The molecule has 0 spiro atoms. The summed E-state index contributed by atoms with van der Waals surface area (Å²) in [5.74, 6) is 0.894. The lowest BCUT2D eigenvalue weighted by atomic mass is 10.1. The molecular formula is C15H23N3OS. The summed E-state index contributed by atoms with van der Waals surface area (Å²) in [4.78, 5) is 7.14. The highest BCUT2D eigenvalue weighted by atomic mass is 32.1. The number of rotatable bonds is 6. The SMILES string of the molecule is COCC(C)n1ccnc1NC(C)c1cc(C)sc1C. The highest BCUT2D eigenvalue weighted by molar-refractivity contribution is 7.12. The number of aryl methyl sites for hydroxylation is 2. The van der Waals surface area contributed by atoms with Crippen molar-refractivity contribution >= 4 is 17.3 Å². The molecule has 0 saturated heterocycles. The molecule has 0 aliphatic heterocycles. The fourth-order valence-electron chi connectivity index (χ4n) is 2.45. The maximum absolute atomic E-state index is 5.22. The van der Waals surface area contributed by atoms with Gasteiger partial charge in [-0.05, 0) is 39.3 Å². The molecule has 110 valence electrons. The molecule has 2 rings (SSSR count). The first-order chi connectivity index (χ1) is 9.52. The predicted octanol–water partition coefficient (Wildman–Crippen LogP) is 3.94. The lowest BCUT2D eigenvalue weighted by Gasteiger charge is -2.19. The zero-order chi connectivity index (χ0) is 14.7. The number of thiophene rings is 1. The number of hydrogen-bond acceptors (Lipinski definition) is 4. The minimum Gasteiger partial charge on any atom is -0.383 e. The van der Waals surface area contributed by atoms with E-state index in [0.29, 0.717) is 6.61 Å². The first-order valence-corrected chi connectivity index (χ1v) is 7.69. The van der Waals surface area contributed by atoms with E-state index in [-0.39, 0.29) is 12.1 Å². The van der Waals surface area contributed by atoms with Crippen LogP contribution in [0.4, 0.5) is 5.95 Å². The maximum atomic E-state index is 5.22. The molecule has 2 atom stereocenters. The van der Waals surface area contributed by atoms with Crippen LogP contribution in [0.5, 0.6) is 0 Å². The molecule has 4 nitrogen and oxygen atoms in total. The van der Waals surface area contributed by atoms with Gasteiger partial charge in [-0.2, -0.15) is 0 Å². The van der Waals surface area contributed by atoms with Gasteiger partial charge in [0.1, 0.15) is 0 Å². The van der Waals surface area contributed by atoms with Crippen molar-refractivity contribution in [2.45, 2.75) is 39.8 Å². The fourth-order valence-corrected chi connectivity index (χ4v) is 3.48. The van der Waals surface area contributed by atoms with Crippen molar-refractivity contribution in [3.05, 3.63) is 33.8 Å². The van der Waals surface area contributed by atoms with Crippen molar-refractivity contribution in [2.75, 3.05) is 19.0 Å². The van der Waals surface area contributed by atoms with E-state index in [1.807, 2.05) is 23.7 Å². The molecule has 2 heterocycles. The van der Waals surface area contributed by atoms with E-state index in [1.54, 1.807) is 7.11 Å². The third-order valence-electron chi connectivity index (χ3n) is 3.44. The van der Waals surface area contributed by atoms with Crippen molar-refractivity contribution in [1.82, 2.24) is 9.55 Å². The van der Waals surface area contributed by atoms with Gasteiger partial charge in [-0.25, -0.2) is 4.98 Å². The Morgan fingerprint density at radius 2 is 2.15 bits per heavy atom. The third kappa shape index (κ3) is 3.22. The Bertz CT molecular complexity index is 561. The Labute approximate surface area is 124 Å². The molecule has 0 amide bonds. The lowest BCUT2D eigenvalue weighted by molar-refractivity contribution is 0.163. The summed E-state index contributed by atoms with van der Waals surface area (Å²) in [7, 11) is 1.72. The van der Waals surface area contributed by atoms with Crippen LogP contribution in [0, 0.1) is 13.8 Å². The molecule has 5 heteroatoms. The number of aromatic nitrogens is 2. The van der Waals surface area contributed by atoms with Gasteiger partial charge in [0.25, 0.3) is 0 Å². The van der Waals surface area contributed by atoms with Crippen molar-refractivity contribution in [1.29, 1.82) is 0 Å². The Hall–Kier alpha value is -1.33. The second kappa shape index (κ2) is 6.41. The number of methoxy groups -OCH3 is 1. The number of nitrogens with one attached hydrogen (secondary N) is 1. The minimum atomic E-state index is 0.246. The monoisotopic (exact) mass is 293 g/mol. The average molecular weight is 293 g/mol. The van der Waals surface area contributed by atoms with Crippen LogP contribution in [0.3, 0.4) is 0 Å². The molecule has 2 unspecified atom stereocenters. The highest BCUT2D eigenvalue weighted by Crippen LogP contribution is 2.28. The summed E-state index contributed by atoms with van der Waals surface area (Å²) in [6.07, 6.45) is 3.82. The lowest BCUT2D eigenvalue weighted by Crippen LogP contribution is -2.16. The summed E-state index contributed by atoms with van der Waals surface area (Å²) in [6, 6.07) is 2.77. The second-order valence-corrected chi connectivity index (χ2v) is 6.66. The Balaban J connectivity index is 2.14. The Kier molecular flexibility index (Phi) is 4.83. The molecule has 0 radical (unpaired) electrons. The van der Waals surface area contributed by atoms with Gasteiger partial charge < -0.3 is 14.6 Å². The van der Waals surface area contributed by atoms with Crippen molar-refractivity contribution in [3.8, 4) is 0 Å². The number of nitrogens with zero attached hydrogens (tertiary/aromatic N) is 2. The van der Waals surface area contributed by atoms with Gasteiger partial charge in [0.15, 0.2) is 0 Å². The van der Waals surface area contributed by atoms with Gasteiger partial charge in [-0.1, -0.05) is 0 Å². The van der Waals surface area contributed by atoms with E-state index in [1.165, 1.54) is 15.3 Å². The summed E-state index contributed by atoms with van der Waals surface area (Å²) >= 11 is 1.84. The first kappa shape index (κ1) is 15.1. The average Bonchev–Trinajstić information content (AvgIpc) is 2.96. The summed E-state index contributed by atoms with van der Waals surface area (Å²) < 4.78 is 7.34. The molecule has 1 N–H and O–H groups in total. The summed E-state index contributed by atoms with van der Waals surface area (Å²) in [5.41, 5.74) is 1.35. The van der Waals surface area contributed by atoms with Crippen LogP contribution >= 0.6 is 11.3 Å². The van der Waals surface area contributed by atoms with E-state index in [9.17, 15) is 0 Å². The summed E-state index contributed by atoms with van der Waals surface area (Å²) in [5, 5.41) is 3.50. The van der Waals surface area contributed by atoms with Crippen LogP contribution in [0.2, 0.25) is 0 Å². The van der Waals surface area contributed by atoms with Crippen molar-refractivity contribution in [3.63, 3.8) is 0 Å².